The van der Waals surface area contributed by atoms with E-state index in [2.05, 4.69) is 5.32 Å². The number of hydrogen-bond donors (Lipinski definition) is 3. The first-order valence-corrected chi connectivity index (χ1v) is 3.31. The van der Waals surface area contributed by atoms with Crippen LogP contribution in [-0.4, -0.2) is 30.2 Å². The number of amides is 1. The van der Waals surface area contributed by atoms with E-state index in [4.69, 9.17) is 10.8 Å². The monoisotopic (exact) mass is 146 g/mol. The van der Waals surface area contributed by atoms with Crippen LogP contribution in [0, 0.1) is 0 Å². The van der Waals surface area contributed by atoms with Crippen molar-refractivity contribution in [2.75, 3.05) is 13.1 Å². The minimum absolute atomic E-state index is 0.108. The van der Waals surface area contributed by atoms with E-state index < -0.39 is 6.10 Å². The molecule has 4 N–H and O–H groups in total. The summed E-state index contributed by atoms with van der Waals surface area (Å²) < 4.78 is 0. The average molecular weight is 146 g/mol. The number of carbonyl (C=O) groups is 1. The number of aliphatic hydroxyl groups is 1. The first kappa shape index (κ1) is 9.39. The fourth-order valence-corrected chi connectivity index (χ4v) is 0.481. The molecule has 60 valence electrons. The summed E-state index contributed by atoms with van der Waals surface area (Å²) >= 11 is 0. The molecule has 0 aliphatic rings. The molecule has 0 aromatic carbocycles. The highest BCUT2D eigenvalue weighted by atomic mass is 16.3. The molecule has 4 nitrogen and oxygen atoms in total. The molecular weight excluding hydrogens is 132 g/mol. The van der Waals surface area contributed by atoms with Crippen molar-refractivity contribution in [3.8, 4) is 0 Å². The van der Waals surface area contributed by atoms with Gasteiger partial charge in [-0.1, -0.05) is 0 Å². The molecule has 0 rings (SSSR count). The van der Waals surface area contributed by atoms with Crippen molar-refractivity contribution in [3.05, 3.63) is 0 Å². The molecule has 0 fully saturated rings. The van der Waals surface area contributed by atoms with Gasteiger partial charge in [0.1, 0.15) is 0 Å². The summed E-state index contributed by atoms with van der Waals surface area (Å²) in [6.07, 6.45) is -0.158. The quantitative estimate of drug-likeness (QED) is 0.468. The molecule has 10 heavy (non-hydrogen) atoms. The lowest BCUT2D eigenvalue weighted by molar-refractivity contribution is -0.121. The highest BCUT2D eigenvalue weighted by Crippen LogP contribution is 1.77. The van der Waals surface area contributed by atoms with Crippen LogP contribution in [0.2, 0.25) is 0 Å². The number of aliphatic hydroxyl groups excluding tert-OH is 1. The highest BCUT2D eigenvalue weighted by Gasteiger charge is 1.99. The van der Waals surface area contributed by atoms with Crippen LogP contribution < -0.4 is 11.1 Å². The summed E-state index contributed by atoms with van der Waals surface area (Å²) in [5.41, 5.74) is 5.11. The van der Waals surface area contributed by atoms with Crippen LogP contribution in [0.5, 0.6) is 0 Å². The Hall–Kier alpha value is -0.610. The van der Waals surface area contributed by atoms with Gasteiger partial charge in [0.05, 0.1) is 6.10 Å². The van der Waals surface area contributed by atoms with Crippen LogP contribution in [0.4, 0.5) is 0 Å². The number of nitrogens with one attached hydrogen (secondary N) is 1. The average Bonchev–Trinajstić information content (AvgIpc) is 1.85. The third-order valence-electron chi connectivity index (χ3n) is 0.966. The normalized spacial score (nSPS) is 12.7. The van der Waals surface area contributed by atoms with Gasteiger partial charge in [-0.05, 0) is 6.92 Å². The van der Waals surface area contributed by atoms with E-state index >= 15 is 0 Å². The minimum Gasteiger partial charge on any atom is -0.392 e. The van der Waals surface area contributed by atoms with Gasteiger partial charge >= 0.3 is 0 Å². The largest absolute Gasteiger partial charge is 0.392 e. The number of nitrogens with two attached hydrogens (primary N) is 1. The first-order chi connectivity index (χ1) is 4.66. The van der Waals surface area contributed by atoms with E-state index in [9.17, 15) is 4.79 Å². The van der Waals surface area contributed by atoms with Crippen LogP contribution in [0.3, 0.4) is 0 Å². The molecule has 0 aromatic rings. The van der Waals surface area contributed by atoms with Gasteiger partial charge in [0.25, 0.3) is 0 Å². The number of rotatable bonds is 4. The van der Waals surface area contributed by atoms with Gasteiger partial charge in [0.2, 0.25) is 5.91 Å². The van der Waals surface area contributed by atoms with E-state index in [0.29, 0.717) is 19.5 Å². The molecule has 1 amide bonds. The van der Waals surface area contributed by atoms with Crippen LogP contribution in [-0.2, 0) is 4.79 Å². The Morgan fingerprint density at radius 1 is 1.80 bits per heavy atom. The summed E-state index contributed by atoms with van der Waals surface area (Å²) in [6, 6.07) is 0. The van der Waals surface area contributed by atoms with Crippen molar-refractivity contribution >= 4 is 5.91 Å². The lowest BCUT2D eigenvalue weighted by Crippen LogP contribution is -2.31. The van der Waals surface area contributed by atoms with Crippen LogP contribution in [0.1, 0.15) is 13.3 Å². The van der Waals surface area contributed by atoms with Crippen molar-refractivity contribution in [2.45, 2.75) is 19.4 Å². The van der Waals surface area contributed by atoms with E-state index in [1.54, 1.807) is 6.92 Å². The standard InChI is InChI=1S/C6H14N2O2/c1-5(9)4-8-6(10)2-3-7/h5,9H,2-4,7H2,1H3,(H,8,10)/t5-/m0/s1. The second kappa shape index (κ2) is 5.20. The fourth-order valence-electron chi connectivity index (χ4n) is 0.481. The Balaban J connectivity index is 3.22. The van der Waals surface area contributed by atoms with Crippen molar-refractivity contribution in [2.24, 2.45) is 5.73 Å². The Morgan fingerprint density at radius 2 is 2.40 bits per heavy atom. The first-order valence-electron chi connectivity index (χ1n) is 3.31. The van der Waals surface area contributed by atoms with Crippen LogP contribution in [0.25, 0.3) is 0 Å². The zero-order valence-electron chi connectivity index (χ0n) is 6.13. The summed E-state index contributed by atoms with van der Waals surface area (Å²) in [5, 5.41) is 11.2. The maximum absolute atomic E-state index is 10.6. The predicted molar refractivity (Wildman–Crippen MR) is 38.4 cm³/mol. The second-order valence-electron chi connectivity index (χ2n) is 2.19. The number of hydrogen-bond acceptors (Lipinski definition) is 3. The lowest BCUT2D eigenvalue weighted by atomic mass is 10.3. The summed E-state index contributed by atoms with van der Waals surface area (Å²) in [5.74, 6) is -0.108. The van der Waals surface area contributed by atoms with Gasteiger partial charge in [0, 0.05) is 19.5 Å². The van der Waals surface area contributed by atoms with Gasteiger partial charge in [-0.15, -0.1) is 0 Å². The van der Waals surface area contributed by atoms with Crippen LogP contribution >= 0.6 is 0 Å². The van der Waals surface area contributed by atoms with Gasteiger partial charge < -0.3 is 16.2 Å². The smallest absolute Gasteiger partial charge is 0.221 e. The third-order valence-corrected chi connectivity index (χ3v) is 0.966. The van der Waals surface area contributed by atoms with E-state index in [0.717, 1.165) is 0 Å². The molecular formula is C6H14N2O2. The topological polar surface area (TPSA) is 75.3 Å². The molecule has 0 bridgehead atoms. The molecule has 0 saturated heterocycles. The Labute approximate surface area is 60.4 Å². The predicted octanol–water partition coefficient (Wildman–Crippen LogP) is -1.17. The lowest BCUT2D eigenvalue weighted by Gasteiger charge is -2.05. The van der Waals surface area contributed by atoms with Gasteiger partial charge in [0.15, 0.2) is 0 Å². The Kier molecular flexibility index (Phi) is 4.88. The highest BCUT2D eigenvalue weighted by molar-refractivity contribution is 5.75. The number of carbonyl (C=O) groups excluding carboxylic acids is 1. The van der Waals surface area contributed by atoms with Gasteiger partial charge in [-0.25, -0.2) is 0 Å². The third kappa shape index (κ3) is 5.53. The zero-order valence-corrected chi connectivity index (χ0v) is 6.13. The van der Waals surface area contributed by atoms with Gasteiger partial charge in [-0.3, -0.25) is 4.79 Å². The van der Waals surface area contributed by atoms with E-state index in [-0.39, 0.29) is 5.91 Å². The molecule has 0 saturated carbocycles. The van der Waals surface area contributed by atoms with Gasteiger partial charge in [-0.2, -0.15) is 0 Å². The maximum Gasteiger partial charge on any atom is 0.221 e. The molecule has 0 spiro atoms. The summed E-state index contributed by atoms with van der Waals surface area (Å²) in [6.45, 7) is 2.27. The molecule has 0 heterocycles. The SMILES string of the molecule is C[C@H](O)CNC(=O)CCN. The Morgan fingerprint density at radius 3 is 2.80 bits per heavy atom. The van der Waals surface area contributed by atoms with Crippen molar-refractivity contribution in [1.82, 2.24) is 5.32 Å². The molecule has 0 aromatic heterocycles. The van der Waals surface area contributed by atoms with Crippen molar-refractivity contribution < 1.29 is 9.90 Å². The van der Waals surface area contributed by atoms with E-state index in [1.165, 1.54) is 0 Å². The van der Waals surface area contributed by atoms with E-state index in [1.807, 2.05) is 0 Å². The zero-order chi connectivity index (χ0) is 7.98. The van der Waals surface area contributed by atoms with Crippen LogP contribution in [0.15, 0.2) is 0 Å². The fraction of sp³-hybridized carbons (Fsp3) is 0.833. The summed E-state index contributed by atoms with van der Waals surface area (Å²) in [4.78, 5) is 10.6. The molecule has 1 atom stereocenters. The Bertz CT molecular complexity index is 104. The van der Waals surface area contributed by atoms with Crippen molar-refractivity contribution in [1.29, 1.82) is 0 Å². The molecule has 0 unspecified atom stereocenters. The molecule has 0 radical (unpaired) electrons. The summed E-state index contributed by atoms with van der Waals surface area (Å²) in [7, 11) is 0. The molecule has 0 aliphatic heterocycles. The second-order valence-corrected chi connectivity index (χ2v) is 2.19. The minimum atomic E-state index is -0.485. The molecule has 4 heteroatoms. The van der Waals surface area contributed by atoms with Crippen molar-refractivity contribution in [3.63, 3.8) is 0 Å². The molecule has 0 aliphatic carbocycles. The maximum atomic E-state index is 10.6.